The second kappa shape index (κ2) is 7.97. The van der Waals surface area contributed by atoms with E-state index in [1.54, 1.807) is 13.0 Å². The van der Waals surface area contributed by atoms with Gasteiger partial charge in [0.2, 0.25) is 5.88 Å². The minimum Gasteiger partial charge on any atom is -0.417 e. The summed E-state index contributed by atoms with van der Waals surface area (Å²) < 4.78 is 28.5. The Bertz CT molecular complexity index is 935. The van der Waals surface area contributed by atoms with Crippen LogP contribution in [-0.2, 0) is 6.54 Å². The molecule has 0 amide bonds. The molecule has 3 rings (SSSR count). The number of fused-ring (bicyclic) bond motifs is 1. The Kier molecular flexibility index (Phi) is 5.66. The lowest BCUT2D eigenvalue weighted by Gasteiger charge is -2.09. The summed E-state index contributed by atoms with van der Waals surface area (Å²) >= 11 is 6.94. The molecule has 0 fully saturated rings. The van der Waals surface area contributed by atoms with E-state index in [0.29, 0.717) is 34.1 Å². The van der Waals surface area contributed by atoms with Crippen LogP contribution in [0.1, 0.15) is 18.2 Å². The van der Waals surface area contributed by atoms with Gasteiger partial charge in [-0.3, -0.25) is 10.8 Å². The summed E-state index contributed by atoms with van der Waals surface area (Å²) in [6.45, 7) is -0.917. The molecule has 1 aliphatic rings. The number of hydrogen-bond donors (Lipinski definition) is 3. The largest absolute Gasteiger partial charge is 0.417 e. The number of aromatic nitrogens is 3. The highest BCUT2D eigenvalue weighted by Gasteiger charge is 2.30. The van der Waals surface area contributed by atoms with Crippen molar-refractivity contribution in [1.29, 1.82) is 10.8 Å². The molecule has 3 N–H and O–H groups in total. The number of ether oxygens (including phenoxy) is 1. The van der Waals surface area contributed by atoms with Crippen LogP contribution in [0.15, 0.2) is 35.1 Å². The zero-order valence-corrected chi connectivity index (χ0v) is 15.5. The van der Waals surface area contributed by atoms with Gasteiger partial charge in [0.05, 0.1) is 10.6 Å². The Balaban J connectivity index is 1.80. The predicted octanol–water partition coefficient (Wildman–Crippen LogP) is 4.16. The van der Waals surface area contributed by atoms with E-state index in [1.165, 1.54) is 30.4 Å². The molecule has 3 heterocycles. The first kappa shape index (κ1) is 19.2. The maximum Gasteiger partial charge on any atom is 0.388 e. The van der Waals surface area contributed by atoms with Gasteiger partial charge < -0.3 is 10.1 Å². The minimum atomic E-state index is -2.92. The van der Waals surface area contributed by atoms with Crippen molar-refractivity contribution < 1.29 is 13.5 Å². The summed E-state index contributed by atoms with van der Waals surface area (Å²) in [5.74, 6) is 0.362. The number of hydrogen-bond acceptors (Lipinski definition) is 8. The van der Waals surface area contributed by atoms with E-state index in [-0.39, 0.29) is 16.1 Å². The van der Waals surface area contributed by atoms with E-state index in [1.807, 2.05) is 0 Å². The molecule has 0 atom stereocenters. The highest BCUT2D eigenvalue weighted by molar-refractivity contribution is 8.15. The number of nitrogens with one attached hydrogen (secondary N) is 3. The van der Waals surface area contributed by atoms with Crippen LogP contribution in [0.4, 0.5) is 14.6 Å². The molecular weight excluding hydrogens is 398 g/mol. The van der Waals surface area contributed by atoms with Crippen molar-refractivity contribution in [2.24, 2.45) is 0 Å². The van der Waals surface area contributed by atoms with E-state index < -0.39 is 6.61 Å². The monoisotopic (exact) mass is 410 g/mol. The summed E-state index contributed by atoms with van der Waals surface area (Å²) in [5.41, 5.74) is 2.26. The molecule has 0 radical (unpaired) electrons. The maximum atomic E-state index is 12.2. The Morgan fingerprint density at radius 2 is 2.11 bits per heavy atom. The number of rotatable bonds is 6. The summed E-state index contributed by atoms with van der Waals surface area (Å²) in [6, 6.07) is 2.97. The SMILES string of the molecule is C/C(C(=N)Cl)=C1/C(=N)Sc2c(NCc3ccc(OC(F)F)nc3)ncnc21. The fourth-order valence-electron chi connectivity index (χ4n) is 2.35. The Hall–Kier alpha value is -2.59. The van der Waals surface area contributed by atoms with Gasteiger partial charge in [0, 0.05) is 24.4 Å². The number of halogens is 3. The summed E-state index contributed by atoms with van der Waals surface area (Å²) in [6.07, 6.45) is 2.79. The molecule has 0 bridgehead atoms. The van der Waals surface area contributed by atoms with E-state index in [9.17, 15) is 8.78 Å². The lowest BCUT2D eigenvalue weighted by molar-refractivity contribution is -0.0528. The zero-order valence-electron chi connectivity index (χ0n) is 13.9. The number of pyridine rings is 1. The number of anilines is 1. The van der Waals surface area contributed by atoms with Crippen LogP contribution in [-0.4, -0.2) is 31.8 Å². The lowest BCUT2D eigenvalue weighted by Crippen LogP contribution is -2.06. The third-order valence-corrected chi connectivity index (χ3v) is 4.93. The molecule has 140 valence electrons. The van der Waals surface area contributed by atoms with Gasteiger partial charge in [-0.05, 0) is 18.1 Å². The number of alkyl halides is 2. The smallest absolute Gasteiger partial charge is 0.388 e. The van der Waals surface area contributed by atoms with Crippen LogP contribution in [0, 0.1) is 10.8 Å². The zero-order chi connectivity index (χ0) is 19.6. The van der Waals surface area contributed by atoms with Crippen LogP contribution < -0.4 is 10.1 Å². The third-order valence-electron chi connectivity index (χ3n) is 3.64. The van der Waals surface area contributed by atoms with Gasteiger partial charge >= 0.3 is 6.61 Å². The van der Waals surface area contributed by atoms with Crippen molar-refractivity contribution in [3.8, 4) is 5.88 Å². The molecular formula is C16H13ClF2N6OS. The van der Waals surface area contributed by atoms with Gasteiger partial charge in [-0.15, -0.1) is 0 Å². The first-order chi connectivity index (χ1) is 12.9. The summed E-state index contributed by atoms with van der Waals surface area (Å²) in [4.78, 5) is 12.9. The fraction of sp³-hybridized carbons (Fsp3) is 0.188. The molecule has 11 heteroatoms. The van der Waals surface area contributed by atoms with Crippen LogP contribution in [0.3, 0.4) is 0 Å². The second-order valence-electron chi connectivity index (χ2n) is 5.38. The topological polar surface area (TPSA) is 108 Å². The average Bonchev–Trinajstić information content (AvgIpc) is 2.96. The third kappa shape index (κ3) is 4.22. The standard InChI is InChI=1S/C16H13ClF2N6OS/c1-7(13(17)20)10-11-12(27-14(10)21)15(25-6-24-11)23-5-8-2-3-9(22-4-8)26-16(18)19/h2-4,6,16,20-21H,5H2,1H3,(H,23,24,25)/b10-7-,20-13?,21-14?. The predicted molar refractivity (Wildman–Crippen MR) is 100.0 cm³/mol. The molecule has 0 unspecified atom stereocenters. The van der Waals surface area contributed by atoms with Gasteiger partial charge in [-0.25, -0.2) is 15.0 Å². The highest BCUT2D eigenvalue weighted by atomic mass is 35.5. The molecule has 0 saturated carbocycles. The fourth-order valence-corrected chi connectivity index (χ4v) is 3.48. The minimum absolute atomic E-state index is 0.145. The van der Waals surface area contributed by atoms with Gasteiger partial charge in [-0.1, -0.05) is 29.4 Å². The number of allylic oxidation sites excluding steroid dienone is 1. The van der Waals surface area contributed by atoms with Crippen LogP contribution >= 0.6 is 23.4 Å². The molecule has 27 heavy (non-hydrogen) atoms. The molecule has 1 aliphatic heterocycles. The van der Waals surface area contributed by atoms with Crippen LogP contribution in [0.5, 0.6) is 5.88 Å². The average molecular weight is 411 g/mol. The van der Waals surface area contributed by atoms with E-state index >= 15 is 0 Å². The van der Waals surface area contributed by atoms with Crippen LogP contribution in [0.2, 0.25) is 0 Å². The van der Waals surface area contributed by atoms with Gasteiger partial charge in [0.25, 0.3) is 0 Å². The first-order valence-electron chi connectivity index (χ1n) is 7.58. The van der Waals surface area contributed by atoms with Crippen molar-refractivity contribution in [3.63, 3.8) is 0 Å². The highest BCUT2D eigenvalue weighted by Crippen LogP contribution is 2.44. The van der Waals surface area contributed by atoms with E-state index in [2.05, 4.69) is 25.0 Å². The van der Waals surface area contributed by atoms with Crippen molar-refractivity contribution in [2.45, 2.75) is 25.0 Å². The van der Waals surface area contributed by atoms with Gasteiger partial charge in [-0.2, -0.15) is 8.78 Å². The van der Waals surface area contributed by atoms with E-state index in [0.717, 1.165) is 5.56 Å². The van der Waals surface area contributed by atoms with Gasteiger partial charge in [0.15, 0.2) is 0 Å². The number of thioether (sulfide) groups is 1. The Morgan fingerprint density at radius 3 is 2.74 bits per heavy atom. The van der Waals surface area contributed by atoms with Crippen molar-refractivity contribution in [2.75, 3.05) is 5.32 Å². The van der Waals surface area contributed by atoms with E-state index in [4.69, 9.17) is 22.4 Å². The molecule has 0 aliphatic carbocycles. The molecule has 7 nitrogen and oxygen atoms in total. The van der Waals surface area contributed by atoms with Crippen molar-refractivity contribution >= 4 is 45.0 Å². The summed E-state index contributed by atoms with van der Waals surface area (Å²) in [5, 5.41) is 19.0. The molecule has 0 aromatic carbocycles. The summed E-state index contributed by atoms with van der Waals surface area (Å²) in [7, 11) is 0. The molecule has 0 saturated heterocycles. The maximum absolute atomic E-state index is 12.2. The van der Waals surface area contributed by atoms with Crippen molar-refractivity contribution in [1.82, 2.24) is 15.0 Å². The normalized spacial score (nSPS) is 14.9. The van der Waals surface area contributed by atoms with Gasteiger partial charge in [0.1, 0.15) is 22.4 Å². The molecule has 2 aromatic rings. The number of nitrogens with zero attached hydrogens (tertiary/aromatic N) is 3. The first-order valence-corrected chi connectivity index (χ1v) is 8.77. The quantitative estimate of drug-likeness (QED) is 0.617. The van der Waals surface area contributed by atoms with Crippen LogP contribution in [0.25, 0.3) is 5.57 Å². The Morgan fingerprint density at radius 1 is 1.33 bits per heavy atom. The lowest BCUT2D eigenvalue weighted by atomic mass is 10.1. The second-order valence-corrected chi connectivity index (χ2v) is 6.78. The molecule has 2 aromatic heterocycles. The van der Waals surface area contributed by atoms with Crippen molar-refractivity contribution in [3.05, 3.63) is 41.5 Å². The molecule has 0 spiro atoms. The Labute approximate surface area is 162 Å².